The van der Waals surface area contributed by atoms with E-state index in [2.05, 4.69) is 86.8 Å². The molecule has 0 spiro atoms. The third-order valence-electron chi connectivity index (χ3n) is 14.2. The number of unbranched alkanes of at least 4 members (excludes halogenated alkanes) is 32. The Balaban J connectivity index is 5.03. The van der Waals surface area contributed by atoms with Gasteiger partial charge in [0, 0.05) is 12.8 Å². The first-order chi connectivity index (χ1) is 37.4. The van der Waals surface area contributed by atoms with Crippen LogP contribution in [0.25, 0.3) is 0 Å². The Labute approximate surface area is 476 Å². The normalized spacial score (nSPS) is 14.1. The number of nitrogens with zero attached hydrogens (tertiary/aromatic N) is 1. The lowest BCUT2D eigenvalue weighted by molar-refractivity contribution is -0.870. The van der Waals surface area contributed by atoms with E-state index in [0.29, 0.717) is 17.4 Å². The fraction of sp³-hybridized carbons (Fsp3) is 0.791. The van der Waals surface area contributed by atoms with Crippen molar-refractivity contribution in [3.05, 3.63) is 72.9 Å². The number of carbonyl (C=O) groups is 2. The molecule has 0 bridgehead atoms. The predicted octanol–water partition coefficient (Wildman–Crippen LogP) is 19.4. The Hall–Kier alpha value is -2.55. The van der Waals surface area contributed by atoms with E-state index < -0.39 is 20.0 Å². The molecular weight excluding hydrogens is 976 g/mol. The Morgan fingerprint density at radius 1 is 0.468 bits per heavy atom. The lowest BCUT2D eigenvalue weighted by atomic mass is 10.0. The molecule has 0 saturated carbocycles. The first-order valence-corrected chi connectivity index (χ1v) is 33.7. The van der Waals surface area contributed by atoms with E-state index in [0.717, 1.165) is 89.9 Å². The molecule has 0 heterocycles. The topological polar surface area (TPSA) is 114 Å². The average molecular weight is 1100 g/mol. The number of phosphoric acid groups is 1. The standard InChI is InChI=1S/C67H123N2O7P/c1-7-10-13-16-19-22-25-27-28-29-30-31-32-33-34-35-36-37-38-39-40-42-45-48-51-54-57-60-67(71)76-65(58-55-52-49-46-43-24-21-18-15-12-9-3)64(63-75-77(72,73)74-62-61-69(4,5)6)68-66(70)59-56-53-50-47-44-41-26-23-20-17-14-11-8-2/h10,13,19,22,27-28,30-31,33-34,55,58,64-65H,7-9,11-12,14-18,20-21,23-26,29,32,35-54,56-57,59-63H2,1-6H3,(H-,68,70,72,73)/b13-10-,22-19-,28-27-,31-30-,34-33-,58-55-. The third kappa shape index (κ3) is 57.9. The van der Waals surface area contributed by atoms with Gasteiger partial charge in [-0.1, -0.05) is 274 Å². The molecule has 1 amide bonds. The van der Waals surface area contributed by atoms with Crippen LogP contribution in [0, 0.1) is 0 Å². The molecule has 1 N–H and O–H groups in total. The lowest BCUT2D eigenvalue weighted by Gasteiger charge is -2.30. The SMILES string of the molecule is CC/C=C\C/C=C\C/C=C\C/C=C\C/C=C\CCCCCCCCCCCCCC(=O)OC(/C=C\CCCCCCCCCCC)C(COP(=O)([O-])OCC[N+](C)(C)C)NC(=O)CCCCCCCCCCCCCCC. The van der Waals surface area contributed by atoms with Gasteiger partial charge in [-0.25, -0.2) is 0 Å². The molecule has 0 fully saturated rings. The molecular formula is C67H123N2O7P. The molecule has 0 rings (SSSR count). The van der Waals surface area contributed by atoms with Crippen LogP contribution in [-0.4, -0.2) is 69.4 Å². The summed E-state index contributed by atoms with van der Waals surface area (Å²) in [4.78, 5) is 40.0. The van der Waals surface area contributed by atoms with Crippen LogP contribution in [0.3, 0.4) is 0 Å². The van der Waals surface area contributed by atoms with E-state index in [9.17, 15) is 19.0 Å². The summed E-state index contributed by atoms with van der Waals surface area (Å²) >= 11 is 0. The molecule has 0 aromatic rings. The number of amides is 1. The van der Waals surface area contributed by atoms with Crippen molar-refractivity contribution in [2.75, 3.05) is 40.9 Å². The Morgan fingerprint density at radius 2 is 0.831 bits per heavy atom. The van der Waals surface area contributed by atoms with Crippen molar-refractivity contribution in [1.82, 2.24) is 5.32 Å². The van der Waals surface area contributed by atoms with Gasteiger partial charge in [-0.2, -0.15) is 0 Å². The molecule has 448 valence electrons. The van der Waals surface area contributed by atoms with Crippen molar-refractivity contribution in [3.63, 3.8) is 0 Å². The van der Waals surface area contributed by atoms with E-state index in [1.807, 2.05) is 33.3 Å². The highest BCUT2D eigenvalue weighted by Gasteiger charge is 2.27. The number of likely N-dealkylation sites (N-methyl/N-ethyl adjacent to an activating group) is 1. The summed E-state index contributed by atoms with van der Waals surface area (Å²) < 4.78 is 30.3. The van der Waals surface area contributed by atoms with Gasteiger partial charge >= 0.3 is 5.97 Å². The zero-order chi connectivity index (χ0) is 56.4. The number of ether oxygens (including phenoxy) is 1. The van der Waals surface area contributed by atoms with Crippen LogP contribution in [0.2, 0.25) is 0 Å². The molecule has 77 heavy (non-hydrogen) atoms. The van der Waals surface area contributed by atoms with Crippen molar-refractivity contribution < 1.29 is 37.3 Å². The maximum absolute atomic E-state index is 13.5. The number of hydrogen-bond acceptors (Lipinski definition) is 7. The van der Waals surface area contributed by atoms with Crippen LogP contribution in [-0.2, 0) is 27.9 Å². The number of allylic oxidation sites excluding steroid dienone is 11. The van der Waals surface area contributed by atoms with Crippen LogP contribution in [0.4, 0.5) is 0 Å². The molecule has 10 heteroatoms. The summed E-state index contributed by atoms with van der Waals surface area (Å²) in [7, 11) is 1.19. The summed E-state index contributed by atoms with van der Waals surface area (Å²) in [6.07, 6.45) is 73.0. The van der Waals surface area contributed by atoms with Crippen molar-refractivity contribution >= 4 is 19.7 Å². The number of carbonyl (C=O) groups excluding carboxylic acids is 2. The number of hydrogen-bond donors (Lipinski definition) is 1. The van der Waals surface area contributed by atoms with Gasteiger partial charge in [-0.15, -0.1) is 0 Å². The van der Waals surface area contributed by atoms with Crippen LogP contribution in [0.15, 0.2) is 72.9 Å². The van der Waals surface area contributed by atoms with E-state index >= 15 is 0 Å². The average Bonchev–Trinajstić information content (AvgIpc) is 3.39. The second kappa shape index (κ2) is 56.7. The highest BCUT2D eigenvalue weighted by Crippen LogP contribution is 2.38. The fourth-order valence-electron chi connectivity index (χ4n) is 9.20. The van der Waals surface area contributed by atoms with Crippen LogP contribution in [0.5, 0.6) is 0 Å². The number of esters is 1. The first-order valence-electron chi connectivity index (χ1n) is 32.2. The third-order valence-corrected chi connectivity index (χ3v) is 15.1. The van der Waals surface area contributed by atoms with Crippen molar-refractivity contribution in [3.8, 4) is 0 Å². The van der Waals surface area contributed by atoms with Crippen molar-refractivity contribution in [2.45, 2.75) is 303 Å². The molecule has 0 saturated heterocycles. The molecule has 0 aliphatic heterocycles. The van der Waals surface area contributed by atoms with Crippen LogP contribution < -0.4 is 10.2 Å². The minimum absolute atomic E-state index is 0.0229. The van der Waals surface area contributed by atoms with Gasteiger partial charge in [-0.05, 0) is 76.7 Å². The summed E-state index contributed by atoms with van der Waals surface area (Å²) in [5.74, 6) is -0.539. The smallest absolute Gasteiger partial charge is 0.306 e. The van der Waals surface area contributed by atoms with Gasteiger partial charge in [0.2, 0.25) is 5.91 Å². The maximum Gasteiger partial charge on any atom is 0.306 e. The van der Waals surface area contributed by atoms with Gasteiger partial charge in [0.05, 0.1) is 33.8 Å². The second-order valence-corrected chi connectivity index (χ2v) is 24.3. The highest BCUT2D eigenvalue weighted by atomic mass is 31.2. The highest BCUT2D eigenvalue weighted by molar-refractivity contribution is 7.45. The van der Waals surface area contributed by atoms with Gasteiger partial charge in [-0.3, -0.25) is 14.2 Å². The summed E-state index contributed by atoms with van der Waals surface area (Å²) in [5.41, 5.74) is 0. The molecule has 0 aromatic carbocycles. The quantitative estimate of drug-likeness (QED) is 0.0212. The van der Waals surface area contributed by atoms with E-state index in [-0.39, 0.29) is 31.5 Å². The van der Waals surface area contributed by atoms with Crippen molar-refractivity contribution in [1.29, 1.82) is 0 Å². The molecule has 0 radical (unpaired) electrons. The van der Waals surface area contributed by atoms with E-state index in [1.54, 1.807) is 0 Å². The summed E-state index contributed by atoms with van der Waals surface area (Å²) in [6.45, 7) is 6.74. The molecule has 9 nitrogen and oxygen atoms in total. The van der Waals surface area contributed by atoms with Gasteiger partial charge in [0.25, 0.3) is 7.82 Å². The maximum atomic E-state index is 13.5. The monoisotopic (exact) mass is 1100 g/mol. The molecule has 0 aliphatic rings. The molecule has 3 atom stereocenters. The largest absolute Gasteiger partial charge is 0.756 e. The van der Waals surface area contributed by atoms with Gasteiger partial charge in [0.1, 0.15) is 19.3 Å². The Kier molecular flexibility index (Phi) is 54.8. The minimum atomic E-state index is -4.70. The van der Waals surface area contributed by atoms with Crippen LogP contribution in [0.1, 0.15) is 290 Å². The van der Waals surface area contributed by atoms with E-state index in [1.165, 1.54) is 167 Å². The first kappa shape index (κ1) is 74.5. The predicted molar refractivity (Wildman–Crippen MR) is 330 cm³/mol. The second-order valence-electron chi connectivity index (χ2n) is 22.9. The fourth-order valence-corrected chi connectivity index (χ4v) is 9.92. The molecule has 0 aromatic heterocycles. The van der Waals surface area contributed by atoms with Gasteiger partial charge < -0.3 is 28.5 Å². The Morgan fingerprint density at radius 3 is 1.25 bits per heavy atom. The summed E-state index contributed by atoms with van der Waals surface area (Å²) in [5, 5.41) is 3.03. The zero-order valence-corrected chi connectivity index (χ0v) is 52.0. The minimum Gasteiger partial charge on any atom is -0.756 e. The zero-order valence-electron chi connectivity index (χ0n) is 51.2. The molecule has 0 aliphatic carbocycles. The Bertz CT molecular complexity index is 1550. The number of quaternary nitrogens is 1. The number of rotatable bonds is 58. The lowest BCUT2D eigenvalue weighted by Crippen LogP contribution is -2.47. The van der Waals surface area contributed by atoms with Gasteiger partial charge in [0.15, 0.2) is 0 Å². The van der Waals surface area contributed by atoms with Crippen molar-refractivity contribution in [2.24, 2.45) is 0 Å². The summed E-state index contributed by atoms with van der Waals surface area (Å²) in [6, 6.07) is -0.888. The van der Waals surface area contributed by atoms with Crippen LogP contribution >= 0.6 is 7.82 Å². The van der Waals surface area contributed by atoms with E-state index in [4.69, 9.17) is 13.8 Å². The number of phosphoric ester groups is 1. The number of nitrogens with one attached hydrogen (secondary N) is 1. The molecule has 3 unspecified atom stereocenters.